The summed E-state index contributed by atoms with van der Waals surface area (Å²) < 4.78 is 12.0. The zero-order valence-corrected chi connectivity index (χ0v) is 14.5. The van der Waals surface area contributed by atoms with E-state index in [-0.39, 0.29) is 5.91 Å². The molecule has 0 unspecified atom stereocenters. The van der Waals surface area contributed by atoms with Gasteiger partial charge in [-0.05, 0) is 65.9 Å². The molecule has 4 nitrogen and oxygen atoms in total. The highest BCUT2D eigenvalue weighted by Gasteiger charge is 2.12. The second-order valence-corrected chi connectivity index (χ2v) is 5.75. The summed E-state index contributed by atoms with van der Waals surface area (Å²) >= 11 is 2.22. The minimum atomic E-state index is -0.187. The summed E-state index contributed by atoms with van der Waals surface area (Å²) in [5.41, 5.74) is 1.27. The lowest BCUT2D eigenvalue weighted by Crippen LogP contribution is -2.15. The average molecular weight is 411 g/mol. The third-order valence-electron chi connectivity index (χ3n) is 2.92. The minimum Gasteiger partial charge on any atom is -0.490 e. The number of ether oxygens (including phenoxy) is 2. The van der Waals surface area contributed by atoms with Crippen molar-refractivity contribution in [2.75, 3.05) is 25.1 Å². The molecule has 0 atom stereocenters. The van der Waals surface area contributed by atoms with Gasteiger partial charge < -0.3 is 14.8 Å². The largest absolute Gasteiger partial charge is 0.490 e. The summed E-state index contributed by atoms with van der Waals surface area (Å²) in [5, 5.41) is 2.87. The average Bonchev–Trinajstić information content (AvgIpc) is 2.54. The smallest absolute Gasteiger partial charge is 0.259 e. The molecule has 0 radical (unpaired) electrons. The summed E-state index contributed by atoms with van der Waals surface area (Å²) in [6.07, 6.45) is 0. The van der Waals surface area contributed by atoms with Crippen LogP contribution in [0.25, 0.3) is 0 Å². The first-order valence-corrected chi connectivity index (χ1v) is 8.15. The molecule has 2 aromatic carbocycles. The zero-order chi connectivity index (χ0) is 15.8. The number of amides is 1. The fourth-order valence-corrected chi connectivity index (χ4v) is 2.23. The quantitative estimate of drug-likeness (QED) is 0.555. The van der Waals surface area contributed by atoms with Crippen molar-refractivity contribution in [1.29, 1.82) is 0 Å². The summed E-state index contributed by atoms with van der Waals surface area (Å²) in [5.74, 6) is 0.374. The summed E-state index contributed by atoms with van der Waals surface area (Å²) in [7, 11) is 0. The lowest BCUT2D eigenvalue weighted by atomic mass is 10.2. The van der Waals surface area contributed by atoms with E-state index in [4.69, 9.17) is 9.47 Å². The van der Waals surface area contributed by atoms with Gasteiger partial charge in [-0.15, -0.1) is 0 Å². The Kier molecular flexibility index (Phi) is 6.67. The van der Waals surface area contributed by atoms with Crippen LogP contribution in [-0.4, -0.2) is 25.7 Å². The zero-order valence-electron chi connectivity index (χ0n) is 12.3. The molecule has 116 valence electrons. The van der Waals surface area contributed by atoms with Crippen molar-refractivity contribution in [1.82, 2.24) is 0 Å². The van der Waals surface area contributed by atoms with E-state index in [0.717, 1.165) is 9.26 Å². The first-order chi connectivity index (χ1) is 10.7. The fourth-order valence-electron chi connectivity index (χ4n) is 1.87. The minimum absolute atomic E-state index is 0.187. The Bertz CT molecular complexity index is 614. The Hall–Kier alpha value is -1.60. The van der Waals surface area contributed by atoms with Gasteiger partial charge in [0.05, 0.1) is 12.2 Å². The van der Waals surface area contributed by atoms with Gasteiger partial charge in [0.1, 0.15) is 12.4 Å². The molecule has 2 rings (SSSR count). The first kappa shape index (κ1) is 16.8. The monoisotopic (exact) mass is 411 g/mol. The molecule has 0 saturated heterocycles. The molecule has 0 fully saturated rings. The van der Waals surface area contributed by atoms with Crippen LogP contribution in [0.4, 0.5) is 5.69 Å². The van der Waals surface area contributed by atoms with Crippen LogP contribution in [0, 0.1) is 3.57 Å². The Morgan fingerprint density at radius 2 is 1.82 bits per heavy atom. The van der Waals surface area contributed by atoms with Gasteiger partial charge in [-0.3, -0.25) is 4.79 Å². The summed E-state index contributed by atoms with van der Waals surface area (Å²) in [6.45, 7) is 3.51. The lowest BCUT2D eigenvalue weighted by Gasteiger charge is -2.11. The fraction of sp³-hybridized carbons (Fsp3) is 0.235. The molecule has 5 heteroatoms. The highest BCUT2D eigenvalue weighted by atomic mass is 127. The molecule has 0 heterocycles. The first-order valence-electron chi connectivity index (χ1n) is 7.07. The van der Waals surface area contributed by atoms with E-state index in [2.05, 4.69) is 27.9 Å². The second kappa shape index (κ2) is 8.75. The molecule has 0 saturated carbocycles. The van der Waals surface area contributed by atoms with Gasteiger partial charge in [-0.25, -0.2) is 0 Å². The van der Waals surface area contributed by atoms with E-state index in [1.54, 1.807) is 12.1 Å². The number of halogens is 1. The van der Waals surface area contributed by atoms with Crippen LogP contribution in [-0.2, 0) is 4.74 Å². The maximum atomic E-state index is 12.4. The number of carbonyl (C=O) groups excluding carboxylic acids is 1. The topological polar surface area (TPSA) is 47.6 Å². The Morgan fingerprint density at radius 1 is 1.09 bits per heavy atom. The maximum Gasteiger partial charge on any atom is 0.259 e. The molecule has 0 aliphatic carbocycles. The Labute approximate surface area is 144 Å². The highest BCUT2D eigenvalue weighted by Crippen LogP contribution is 2.20. The van der Waals surface area contributed by atoms with Crippen LogP contribution in [0.15, 0.2) is 48.5 Å². The molecular weight excluding hydrogens is 393 g/mol. The number of hydrogen-bond donors (Lipinski definition) is 1. The SMILES string of the molecule is CCOCCOc1ccccc1C(=O)Nc1ccc(I)cc1. The van der Waals surface area contributed by atoms with Crippen molar-refractivity contribution in [3.63, 3.8) is 0 Å². The number of para-hydroxylation sites is 1. The van der Waals surface area contributed by atoms with Crippen molar-refractivity contribution >= 4 is 34.2 Å². The number of nitrogens with one attached hydrogen (secondary N) is 1. The molecule has 2 aromatic rings. The normalized spacial score (nSPS) is 10.3. The lowest BCUT2D eigenvalue weighted by molar-refractivity contribution is 0.0998. The van der Waals surface area contributed by atoms with Gasteiger partial charge in [0, 0.05) is 15.9 Å². The molecule has 22 heavy (non-hydrogen) atoms. The number of carbonyl (C=O) groups is 1. The van der Waals surface area contributed by atoms with Crippen molar-refractivity contribution < 1.29 is 14.3 Å². The number of hydrogen-bond acceptors (Lipinski definition) is 3. The summed E-state index contributed by atoms with van der Waals surface area (Å²) in [6, 6.07) is 14.8. The molecule has 0 aromatic heterocycles. The molecule has 0 spiro atoms. The number of rotatable bonds is 7. The van der Waals surface area contributed by atoms with Crippen LogP contribution in [0.2, 0.25) is 0 Å². The Balaban J connectivity index is 2.03. The number of benzene rings is 2. The van der Waals surface area contributed by atoms with Crippen LogP contribution < -0.4 is 10.1 Å². The van der Waals surface area contributed by atoms with Crippen LogP contribution >= 0.6 is 22.6 Å². The molecule has 1 N–H and O–H groups in total. The predicted molar refractivity (Wildman–Crippen MR) is 95.5 cm³/mol. The molecule has 1 amide bonds. The molecule has 0 bridgehead atoms. The molecule has 0 aliphatic rings. The van der Waals surface area contributed by atoms with Gasteiger partial charge >= 0.3 is 0 Å². The van der Waals surface area contributed by atoms with E-state index in [9.17, 15) is 4.79 Å². The van der Waals surface area contributed by atoms with Crippen molar-refractivity contribution in [3.8, 4) is 5.75 Å². The van der Waals surface area contributed by atoms with Gasteiger partial charge in [0.15, 0.2) is 0 Å². The third-order valence-corrected chi connectivity index (χ3v) is 3.64. The van der Waals surface area contributed by atoms with Crippen molar-refractivity contribution in [3.05, 3.63) is 57.7 Å². The van der Waals surface area contributed by atoms with E-state index in [1.165, 1.54) is 0 Å². The van der Waals surface area contributed by atoms with E-state index >= 15 is 0 Å². The van der Waals surface area contributed by atoms with Crippen molar-refractivity contribution in [2.45, 2.75) is 6.92 Å². The number of anilines is 1. The van der Waals surface area contributed by atoms with Gasteiger partial charge in [-0.1, -0.05) is 12.1 Å². The maximum absolute atomic E-state index is 12.4. The van der Waals surface area contributed by atoms with Gasteiger partial charge in [-0.2, -0.15) is 0 Å². The molecule has 0 aliphatic heterocycles. The Morgan fingerprint density at radius 3 is 2.55 bits per heavy atom. The predicted octanol–water partition coefficient (Wildman–Crippen LogP) is 3.96. The van der Waals surface area contributed by atoms with E-state index in [0.29, 0.717) is 31.1 Å². The third kappa shape index (κ3) is 4.99. The standard InChI is InChI=1S/C17H18INO3/c1-2-21-11-12-22-16-6-4-3-5-15(16)17(20)19-14-9-7-13(18)8-10-14/h3-10H,2,11-12H2,1H3,(H,19,20). The van der Waals surface area contributed by atoms with Crippen LogP contribution in [0.5, 0.6) is 5.75 Å². The molecular formula is C17H18INO3. The second-order valence-electron chi connectivity index (χ2n) is 4.50. The van der Waals surface area contributed by atoms with Gasteiger partial charge in [0.25, 0.3) is 5.91 Å². The van der Waals surface area contributed by atoms with Crippen LogP contribution in [0.1, 0.15) is 17.3 Å². The summed E-state index contributed by atoms with van der Waals surface area (Å²) in [4.78, 5) is 12.4. The van der Waals surface area contributed by atoms with Crippen LogP contribution in [0.3, 0.4) is 0 Å². The van der Waals surface area contributed by atoms with E-state index in [1.807, 2.05) is 43.3 Å². The van der Waals surface area contributed by atoms with Crippen molar-refractivity contribution in [2.24, 2.45) is 0 Å². The van der Waals surface area contributed by atoms with Gasteiger partial charge in [0.2, 0.25) is 0 Å². The van der Waals surface area contributed by atoms with E-state index < -0.39 is 0 Å². The highest BCUT2D eigenvalue weighted by molar-refractivity contribution is 14.1.